The number of fused-ring (bicyclic) bond motifs is 2. The number of amides is 1. The number of aromatic nitrogens is 3. The maximum Gasteiger partial charge on any atom is 0.219 e. The SMILES string of the molecule is CC(=O)N1CCC(C(Nc2cc(-c3ccc4scc(C)c4c3)c3nccnc3c2)c2cccnc2)CC1. The fourth-order valence-electron chi connectivity index (χ4n) is 5.46. The van der Waals surface area contributed by atoms with Crippen LogP contribution in [0.1, 0.15) is 36.9 Å². The third-order valence-corrected chi connectivity index (χ3v) is 8.56. The number of rotatable bonds is 5. The molecule has 5 aromatic rings. The minimum Gasteiger partial charge on any atom is -0.378 e. The Balaban J connectivity index is 1.40. The zero-order valence-corrected chi connectivity index (χ0v) is 21.8. The third kappa shape index (κ3) is 4.67. The van der Waals surface area contributed by atoms with Crippen LogP contribution in [0.4, 0.5) is 5.69 Å². The highest BCUT2D eigenvalue weighted by Gasteiger charge is 2.29. The van der Waals surface area contributed by atoms with Gasteiger partial charge in [-0.1, -0.05) is 12.1 Å². The number of hydrogen-bond donors (Lipinski definition) is 1. The van der Waals surface area contributed by atoms with Crippen LogP contribution >= 0.6 is 11.3 Å². The number of nitrogens with zero attached hydrogens (tertiary/aromatic N) is 4. The summed E-state index contributed by atoms with van der Waals surface area (Å²) in [7, 11) is 0. The number of benzene rings is 2. The van der Waals surface area contributed by atoms with Crippen LogP contribution in [0.3, 0.4) is 0 Å². The van der Waals surface area contributed by atoms with Gasteiger partial charge in [0.1, 0.15) is 0 Å². The van der Waals surface area contributed by atoms with Crippen molar-refractivity contribution < 1.29 is 4.79 Å². The van der Waals surface area contributed by atoms with Crippen molar-refractivity contribution in [2.24, 2.45) is 5.92 Å². The van der Waals surface area contributed by atoms with Crippen LogP contribution in [0.15, 0.2) is 72.6 Å². The van der Waals surface area contributed by atoms with E-state index >= 15 is 0 Å². The summed E-state index contributed by atoms with van der Waals surface area (Å²) in [6.45, 7) is 5.39. The molecule has 2 aromatic carbocycles. The molecule has 1 saturated heterocycles. The quantitative estimate of drug-likeness (QED) is 0.289. The van der Waals surface area contributed by atoms with Gasteiger partial charge in [0, 0.05) is 60.8 Å². The molecule has 0 saturated carbocycles. The highest BCUT2D eigenvalue weighted by molar-refractivity contribution is 7.17. The minimum atomic E-state index is 0.0753. The first-order valence-corrected chi connectivity index (χ1v) is 13.6. The van der Waals surface area contributed by atoms with Crippen LogP contribution in [0.5, 0.6) is 0 Å². The summed E-state index contributed by atoms with van der Waals surface area (Å²) in [5, 5.41) is 7.34. The van der Waals surface area contributed by atoms with Crippen LogP contribution in [-0.2, 0) is 4.79 Å². The number of hydrogen-bond acceptors (Lipinski definition) is 6. The van der Waals surface area contributed by atoms with Crippen molar-refractivity contribution in [3.63, 3.8) is 0 Å². The third-order valence-electron chi connectivity index (χ3n) is 7.47. The lowest BCUT2D eigenvalue weighted by atomic mass is 9.85. The smallest absolute Gasteiger partial charge is 0.219 e. The maximum atomic E-state index is 11.9. The zero-order chi connectivity index (χ0) is 25.4. The van der Waals surface area contributed by atoms with Gasteiger partial charge in [0.25, 0.3) is 0 Å². The van der Waals surface area contributed by atoms with Crippen LogP contribution in [0.25, 0.3) is 32.2 Å². The molecule has 1 aliphatic heterocycles. The molecular formula is C30H29N5OS. The number of thiophene rings is 1. The molecule has 0 bridgehead atoms. The number of carbonyl (C=O) groups is 1. The Morgan fingerprint density at radius 1 is 1.08 bits per heavy atom. The zero-order valence-electron chi connectivity index (χ0n) is 21.0. The van der Waals surface area contributed by atoms with Gasteiger partial charge in [0.15, 0.2) is 0 Å². The lowest BCUT2D eigenvalue weighted by Gasteiger charge is -2.36. The Hall–Kier alpha value is -3.84. The van der Waals surface area contributed by atoms with Crippen LogP contribution in [-0.4, -0.2) is 38.8 Å². The molecule has 0 radical (unpaired) electrons. The minimum absolute atomic E-state index is 0.0753. The monoisotopic (exact) mass is 507 g/mol. The lowest BCUT2D eigenvalue weighted by Crippen LogP contribution is -2.39. The maximum absolute atomic E-state index is 11.9. The number of aryl methyl sites for hydroxylation is 1. The van der Waals surface area contributed by atoms with Gasteiger partial charge in [-0.2, -0.15) is 0 Å². The van der Waals surface area contributed by atoms with Crippen molar-refractivity contribution >= 4 is 44.1 Å². The largest absolute Gasteiger partial charge is 0.378 e. The fourth-order valence-corrected chi connectivity index (χ4v) is 6.39. The summed E-state index contributed by atoms with van der Waals surface area (Å²) in [5.74, 6) is 0.533. The van der Waals surface area contributed by atoms with Crippen LogP contribution < -0.4 is 5.32 Å². The normalized spacial score (nSPS) is 15.2. The first-order valence-electron chi connectivity index (χ1n) is 12.7. The van der Waals surface area contributed by atoms with E-state index in [1.807, 2.05) is 23.4 Å². The number of carbonyl (C=O) groups excluding carboxylic acids is 1. The summed E-state index contributed by atoms with van der Waals surface area (Å²) in [6.07, 6.45) is 9.16. The van der Waals surface area contributed by atoms with E-state index < -0.39 is 0 Å². The molecule has 6 nitrogen and oxygen atoms in total. The van der Waals surface area contributed by atoms with Gasteiger partial charge < -0.3 is 10.2 Å². The molecule has 1 atom stereocenters. The number of nitrogens with one attached hydrogen (secondary N) is 1. The molecule has 1 aliphatic rings. The van der Waals surface area contributed by atoms with E-state index in [4.69, 9.17) is 4.98 Å². The molecule has 6 rings (SSSR count). The fraction of sp³-hybridized carbons (Fsp3) is 0.267. The van der Waals surface area contributed by atoms with Crippen molar-refractivity contribution in [1.29, 1.82) is 0 Å². The molecule has 37 heavy (non-hydrogen) atoms. The summed E-state index contributed by atoms with van der Waals surface area (Å²) < 4.78 is 1.29. The number of pyridine rings is 1. The van der Waals surface area contributed by atoms with Gasteiger partial charge >= 0.3 is 0 Å². The highest BCUT2D eigenvalue weighted by atomic mass is 32.1. The Labute approximate surface area is 220 Å². The van der Waals surface area contributed by atoms with Gasteiger partial charge in [-0.15, -0.1) is 11.3 Å². The Kier molecular flexibility index (Phi) is 6.30. The van der Waals surface area contributed by atoms with Crippen LogP contribution in [0.2, 0.25) is 0 Å². The van der Waals surface area contributed by atoms with E-state index in [0.717, 1.165) is 59.3 Å². The van der Waals surface area contributed by atoms with E-state index in [1.165, 1.54) is 15.6 Å². The average molecular weight is 508 g/mol. The molecule has 0 aliphatic carbocycles. The Morgan fingerprint density at radius 2 is 1.92 bits per heavy atom. The van der Waals surface area contributed by atoms with E-state index in [-0.39, 0.29) is 11.9 Å². The predicted octanol–water partition coefficient (Wildman–Crippen LogP) is 6.63. The van der Waals surface area contributed by atoms with E-state index in [0.29, 0.717) is 5.92 Å². The van der Waals surface area contributed by atoms with Crippen molar-refractivity contribution in [1.82, 2.24) is 19.9 Å². The van der Waals surface area contributed by atoms with E-state index in [9.17, 15) is 4.79 Å². The van der Waals surface area contributed by atoms with Crippen molar-refractivity contribution in [3.05, 3.63) is 83.8 Å². The van der Waals surface area contributed by atoms with Gasteiger partial charge in [-0.3, -0.25) is 19.7 Å². The average Bonchev–Trinajstić information content (AvgIpc) is 3.31. The molecule has 1 unspecified atom stereocenters. The highest BCUT2D eigenvalue weighted by Crippen LogP contribution is 2.38. The summed E-state index contributed by atoms with van der Waals surface area (Å²) in [6, 6.07) is 15.1. The second kappa shape index (κ2) is 9.90. The molecule has 4 heterocycles. The van der Waals surface area contributed by atoms with Crippen molar-refractivity contribution in [2.75, 3.05) is 18.4 Å². The van der Waals surface area contributed by atoms with Gasteiger partial charge in [-0.05, 0) is 83.5 Å². The molecule has 0 spiro atoms. The molecule has 3 aromatic heterocycles. The molecule has 1 N–H and O–H groups in total. The number of anilines is 1. The van der Waals surface area contributed by atoms with Gasteiger partial charge in [0.2, 0.25) is 5.91 Å². The molecule has 1 fully saturated rings. The first kappa shape index (κ1) is 23.6. The molecule has 7 heteroatoms. The van der Waals surface area contributed by atoms with Crippen LogP contribution in [0, 0.1) is 12.8 Å². The Morgan fingerprint density at radius 3 is 2.70 bits per heavy atom. The van der Waals surface area contributed by atoms with Gasteiger partial charge in [-0.25, -0.2) is 0 Å². The second-order valence-corrected chi connectivity index (χ2v) is 10.7. The molecular weight excluding hydrogens is 478 g/mol. The van der Waals surface area contributed by atoms with Gasteiger partial charge in [0.05, 0.1) is 17.1 Å². The summed E-state index contributed by atoms with van der Waals surface area (Å²) in [5.41, 5.74) is 7.41. The topological polar surface area (TPSA) is 71.0 Å². The number of likely N-dealkylation sites (tertiary alicyclic amines) is 1. The standard InChI is InChI=1S/C30H29N5OS/c1-19-18-37-28-6-5-22(14-25(19)28)26-15-24(16-27-30(26)33-11-10-32-27)34-29(23-4-3-9-31-17-23)21-7-12-35(13-8-21)20(2)36/h3-6,9-11,14-18,21,29,34H,7-8,12-13H2,1-2H3. The molecule has 1 amide bonds. The first-order chi connectivity index (χ1) is 18.1. The summed E-state index contributed by atoms with van der Waals surface area (Å²) >= 11 is 1.78. The predicted molar refractivity (Wildman–Crippen MR) is 151 cm³/mol. The Bertz CT molecular complexity index is 1570. The van der Waals surface area contributed by atoms with E-state index in [1.54, 1.807) is 30.7 Å². The van der Waals surface area contributed by atoms with Crippen molar-refractivity contribution in [2.45, 2.75) is 32.7 Å². The lowest BCUT2D eigenvalue weighted by molar-refractivity contribution is -0.130. The van der Waals surface area contributed by atoms with Crippen molar-refractivity contribution in [3.8, 4) is 11.1 Å². The summed E-state index contributed by atoms with van der Waals surface area (Å²) in [4.78, 5) is 27.6. The number of piperidine rings is 1. The van der Waals surface area contributed by atoms with E-state index in [2.05, 4.69) is 64.0 Å². The molecule has 186 valence electrons. The second-order valence-electron chi connectivity index (χ2n) is 9.83.